The molecule has 0 radical (unpaired) electrons. The van der Waals surface area contributed by atoms with Crippen LogP contribution in [0.3, 0.4) is 0 Å². The van der Waals surface area contributed by atoms with E-state index in [4.69, 9.17) is 14.2 Å². The van der Waals surface area contributed by atoms with Crippen LogP contribution in [0, 0.1) is 17.3 Å². The van der Waals surface area contributed by atoms with Crippen molar-refractivity contribution in [2.75, 3.05) is 21.3 Å². The molecular weight excluding hydrogens is 332 g/mol. The molecule has 4 atom stereocenters. The SMILES string of the molecule is COC(=O)C[C@H]1[C@@H]2CCc3cc(OC)ccc3[C@@H]2CC[C@]1(C)C(=O)OC. The number of benzene rings is 1. The van der Waals surface area contributed by atoms with E-state index < -0.39 is 5.41 Å². The minimum absolute atomic E-state index is 0.0728. The Morgan fingerprint density at radius 3 is 2.58 bits per heavy atom. The lowest BCUT2D eigenvalue weighted by Crippen LogP contribution is -2.48. The fraction of sp³-hybridized carbons (Fsp3) is 0.619. The molecule has 5 heteroatoms. The minimum atomic E-state index is -0.645. The fourth-order valence-corrected chi connectivity index (χ4v) is 5.13. The zero-order chi connectivity index (χ0) is 18.9. The van der Waals surface area contributed by atoms with Gasteiger partial charge < -0.3 is 14.2 Å². The number of fused-ring (bicyclic) bond motifs is 3. The van der Waals surface area contributed by atoms with Crippen molar-refractivity contribution in [3.8, 4) is 5.75 Å². The van der Waals surface area contributed by atoms with E-state index in [9.17, 15) is 9.59 Å². The molecule has 0 spiro atoms. The first kappa shape index (κ1) is 18.7. The molecule has 142 valence electrons. The Bertz CT molecular complexity index is 698. The summed E-state index contributed by atoms with van der Waals surface area (Å²) in [6, 6.07) is 6.28. The number of carbonyl (C=O) groups is 2. The van der Waals surface area contributed by atoms with Crippen LogP contribution in [-0.4, -0.2) is 33.3 Å². The summed E-state index contributed by atoms with van der Waals surface area (Å²) in [5.74, 6) is 0.960. The van der Waals surface area contributed by atoms with Crippen LogP contribution in [0.1, 0.15) is 49.7 Å². The lowest BCUT2D eigenvalue weighted by Gasteiger charge is -2.50. The summed E-state index contributed by atoms with van der Waals surface area (Å²) in [5, 5.41) is 0. The molecule has 0 heterocycles. The number of rotatable bonds is 4. The standard InChI is InChI=1S/C21H28O5/c1-21(20(23)26-4)10-9-16-15-8-6-14(24-2)11-13(15)5-7-17(16)18(21)12-19(22)25-3/h6,8,11,16-18H,5,7,9-10,12H2,1-4H3/t16-,17+,18-,21-/m0/s1. The van der Waals surface area contributed by atoms with Gasteiger partial charge in [0.15, 0.2) is 0 Å². The van der Waals surface area contributed by atoms with Gasteiger partial charge in [-0.1, -0.05) is 6.07 Å². The number of methoxy groups -OCH3 is 3. The van der Waals surface area contributed by atoms with Gasteiger partial charge in [0.25, 0.3) is 0 Å². The molecule has 0 aliphatic heterocycles. The van der Waals surface area contributed by atoms with Crippen molar-refractivity contribution < 1.29 is 23.8 Å². The average Bonchev–Trinajstić information content (AvgIpc) is 2.68. The first-order valence-corrected chi connectivity index (χ1v) is 9.26. The predicted molar refractivity (Wildman–Crippen MR) is 97.0 cm³/mol. The van der Waals surface area contributed by atoms with Crippen molar-refractivity contribution >= 4 is 11.9 Å². The third kappa shape index (κ3) is 3.08. The number of hydrogen-bond acceptors (Lipinski definition) is 5. The highest BCUT2D eigenvalue weighted by Crippen LogP contribution is 2.56. The van der Waals surface area contributed by atoms with Crippen molar-refractivity contribution in [3.63, 3.8) is 0 Å². The number of aryl methyl sites for hydroxylation is 1. The molecular formula is C21H28O5. The van der Waals surface area contributed by atoms with Crippen molar-refractivity contribution in [3.05, 3.63) is 29.3 Å². The largest absolute Gasteiger partial charge is 0.497 e. The zero-order valence-electron chi connectivity index (χ0n) is 16.0. The Balaban J connectivity index is 1.97. The van der Waals surface area contributed by atoms with E-state index in [1.807, 2.05) is 13.0 Å². The Hall–Kier alpha value is -2.04. The summed E-state index contributed by atoms with van der Waals surface area (Å²) < 4.78 is 15.4. The second-order valence-electron chi connectivity index (χ2n) is 7.71. The van der Waals surface area contributed by atoms with Gasteiger partial charge in [0.05, 0.1) is 26.7 Å². The van der Waals surface area contributed by atoms with Gasteiger partial charge in [-0.25, -0.2) is 0 Å². The van der Waals surface area contributed by atoms with E-state index in [-0.39, 0.29) is 30.2 Å². The van der Waals surface area contributed by atoms with Crippen LogP contribution in [0.15, 0.2) is 18.2 Å². The van der Waals surface area contributed by atoms with Crippen LogP contribution in [0.4, 0.5) is 0 Å². The van der Waals surface area contributed by atoms with Crippen LogP contribution in [0.5, 0.6) is 5.75 Å². The van der Waals surface area contributed by atoms with Crippen molar-refractivity contribution in [1.82, 2.24) is 0 Å². The summed E-state index contributed by atoms with van der Waals surface area (Å²) in [4.78, 5) is 24.7. The Kier molecular flexibility index (Phi) is 5.26. The summed E-state index contributed by atoms with van der Waals surface area (Å²) >= 11 is 0. The van der Waals surface area contributed by atoms with Gasteiger partial charge >= 0.3 is 11.9 Å². The molecule has 0 amide bonds. The molecule has 0 unspecified atom stereocenters. The maximum atomic E-state index is 12.6. The van der Waals surface area contributed by atoms with Gasteiger partial charge in [0, 0.05) is 6.42 Å². The fourth-order valence-electron chi connectivity index (χ4n) is 5.13. The highest BCUT2D eigenvalue weighted by atomic mass is 16.5. The van der Waals surface area contributed by atoms with Gasteiger partial charge in [0.2, 0.25) is 0 Å². The molecule has 0 N–H and O–H groups in total. The Morgan fingerprint density at radius 2 is 1.92 bits per heavy atom. The van der Waals surface area contributed by atoms with E-state index in [1.54, 1.807) is 7.11 Å². The number of carbonyl (C=O) groups excluding carboxylic acids is 2. The Labute approximate surface area is 155 Å². The van der Waals surface area contributed by atoms with Crippen LogP contribution in [0.25, 0.3) is 0 Å². The van der Waals surface area contributed by atoms with E-state index in [2.05, 4.69) is 12.1 Å². The average molecular weight is 360 g/mol. The Morgan fingerprint density at radius 1 is 1.15 bits per heavy atom. The number of hydrogen-bond donors (Lipinski definition) is 0. The lowest BCUT2D eigenvalue weighted by molar-refractivity contribution is -0.163. The van der Waals surface area contributed by atoms with E-state index in [0.29, 0.717) is 12.3 Å². The van der Waals surface area contributed by atoms with Crippen molar-refractivity contribution in [2.24, 2.45) is 17.3 Å². The van der Waals surface area contributed by atoms with Crippen LogP contribution < -0.4 is 4.74 Å². The topological polar surface area (TPSA) is 61.8 Å². The summed E-state index contributed by atoms with van der Waals surface area (Å²) in [6.07, 6.45) is 3.79. The van der Waals surface area contributed by atoms with Gasteiger partial charge in [-0.05, 0) is 73.6 Å². The monoisotopic (exact) mass is 360 g/mol. The molecule has 1 aromatic rings. The number of ether oxygens (including phenoxy) is 3. The van der Waals surface area contributed by atoms with Crippen molar-refractivity contribution in [2.45, 2.75) is 44.9 Å². The first-order chi connectivity index (χ1) is 12.4. The van der Waals surface area contributed by atoms with Crippen LogP contribution >= 0.6 is 0 Å². The molecule has 0 bridgehead atoms. The van der Waals surface area contributed by atoms with E-state index in [0.717, 1.165) is 25.0 Å². The second kappa shape index (κ2) is 7.29. The molecule has 1 fully saturated rings. The molecule has 0 aromatic heterocycles. The minimum Gasteiger partial charge on any atom is -0.497 e. The third-order valence-electron chi connectivity index (χ3n) is 6.59. The molecule has 5 nitrogen and oxygen atoms in total. The molecule has 1 aromatic carbocycles. The quantitative estimate of drug-likeness (QED) is 0.769. The molecule has 1 saturated carbocycles. The number of esters is 2. The smallest absolute Gasteiger partial charge is 0.311 e. The molecule has 0 saturated heterocycles. The normalized spacial score (nSPS) is 29.9. The summed E-state index contributed by atoms with van der Waals surface area (Å²) in [5.41, 5.74) is 2.02. The van der Waals surface area contributed by atoms with E-state index in [1.165, 1.54) is 25.3 Å². The molecule has 2 aliphatic rings. The zero-order valence-corrected chi connectivity index (χ0v) is 16.0. The highest BCUT2D eigenvalue weighted by molar-refractivity contribution is 5.79. The lowest BCUT2D eigenvalue weighted by atomic mass is 9.54. The van der Waals surface area contributed by atoms with Gasteiger partial charge in [0.1, 0.15) is 5.75 Å². The first-order valence-electron chi connectivity index (χ1n) is 9.26. The molecule has 3 rings (SSSR count). The third-order valence-corrected chi connectivity index (χ3v) is 6.59. The second-order valence-corrected chi connectivity index (χ2v) is 7.71. The molecule has 2 aliphatic carbocycles. The van der Waals surface area contributed by atoms with Crippen LogP contribution in [0.2, 0.25) is 0 Å². The maximum Gasteiger partial charge on any atom is 0.311 e. The van der Waals surface area contributed by atoms with Gasteiger partial charge in [-0.2, -0.15) is 0 Å². The highest BCUT2D eigenvalue weighted by Gasteiger charge is 2.53. The van der Waals surface area contributed by atoms with E-state index >= 15 is 0 Å². The maximum absolute atomic E-state index is 12.6. The van der Waals surface area contributed by atoms with Crippen molar-refractivity contribution in [1.29, 1.82) is 0 Å². The summed E-state index contributed by atoms with van der Waals surface area (Å²) in [6.45, 7) is 1.95. The van der Waals surface area contributed by atoms with Gasteiger partial charge in [-0.3, -0.25) is 9.59 Å². The van der Waals surface area contributed by atoms with Crippen LogP contribution in [-0.2, 0) is 25.5 Å². The predicted octanol–water partition coefficient (Wildman–Crippen LogP) is 3.49. The molecule has 26 heavy (non-hydrogen) atoms. The van der Waals surface area contributed by atoms with Gasteiger partial charge in [-0.15, -0.1) is 0 Å². The summed E-state index contributed by atoms with van der Waals surface area (Å²) in [7, 11) is 4.51.